The minimum absolute atomic E-state index is 0.0578. The third-order valence-electron chi connectivity index (χ3n) is 2.83. The molecule has 1 aromatic heterocycles. The van der Waals surface area contributed by atoms with Crippen molar-refractivity contribution >= 4 is 0 Å². The van der Waals surface area contributed by atoms with E-state index < -0.39 is 12.6 Å². The SMILES string of the molecule is CCNC(CCC(F)(F)F)Cc1ncnn1C(C)C. The summed E-state index contributed by atoms with van der Waals surface area (Å²) in [5.74, 6) is 0.725. The number of nitrogens with one attached hydrogen (secondary N) is 1. The molecule has 1 unspecified atom stereocenters. The monoisotopic (exact) mass is 278 g/mol. The third-order valence-corrected chi connectivity index (χ3v) is 2.83. The van der Waals surface area contributed by atoms with Gasteiger partial charge in [0, 0.05) is 24.9 Å². The molecule has 1 aromatic rings. The number of aromatic nitrogens is 3. The average Bonchev–Trinajstić information content (AvgIpc) is 2.73. The Kier molecular flexibility index (Phi) is 5.78. The van der Waals surface area contributed by atoms with E-state index in [1.54, 1.807) is 4.68 Å². The molecule has 0 aliphatic rings. The normalized spacial score (nSPS) is 14.1. The molecule has 0 spiro atoms. The molecule has 7 heteroatoms. The summed E-state index contributed by atoms with van der Waals surface area (Å²) >= 11 is 0. The quantitative estimate of drug-likeness (QED) is 0.834. The van der Waals surface area contributed by atoms with Gasteiger partial charge in [0.25, 0.3) is 0 Å². The molecule has 4 nitrogen and oxygen atoms in total. The molecule has 1 heterocycles. The summed E-state index contributed by atoms with van der Waals surface area (Å²) < 4.78 is 38.6. The minimum Gasteiger partial charge on any atom is -0.314 e. The number of hydrogen-bond donors (Lipinski definition) is 1. The maximum atomic E-state index is 12.3. The molecule has 0 bridgehead atoms. The zero-order chi connectivity index (χ0) is 14.5. The van der Waals surface area contributed by atoms with Gasteiger partial charge >= 0.3 is 6.18 Å². The molecule has 0 aliphatic carbocycles. The summed E-state index contributed by atoms with van der Waals surface area (Å²) in [5, 5.41) is 7.17. The van der Waals surface area contributed by atoms with Gasteiger partial charge in [-0.15, -0.1) is 0 Å². The van der Waals surface area contributed by atoms with Gasteiger partial charge < -0.3 is 5.32 Å². The molecule has 0 aromatic carbocycles. The Hall–Kier alpha value is -1.11. The lowest BCUT2D eigenvalue weighted by molar-refractivity contribution is -0.136. The van der Waals surface area contributed by atoms with Crippen LogP contribution in [0.1, 0.15) is 45.5 Å². The fraction of sp³-hybridized carbons (Fsp3) is 0.833. The fourth-order valence-electron chi connectivity index (χ4n) is 1.97. The number of rotatable bonds is 7. The molecule has 0 aliphatic heterocycles. The van der Waals surface area contributed by atoms with Crippen LogP contribution >= 0.6 is 0 Å². The van der Waals surface area contributed by atoms with Gasteiger partial charge in [-0.2, -0.15) is 18.3 Å². The van der Waals surface area contributed by atoms with Crippen LogP contribution in [0.15, 0.2) is 6.33 Å². The molecule has 110 valence electrons. The molecule has 0 radical (unpaired) electrons. The van der Waals surface area contributed by atoms with Crippen molar-refractivity contribution in [2.45, 2.75) is 58.3 Å². The van der Waals surface area contributed by atoms with E-state index in [1.807, 2.05) is 20.8 Å². The van der Waals surface area contributed by atoms with Crippen molar-refractivity contribution in [1.29, 1.82) is 0 Å². The van der Waals surface area contributed by atoms with Crippen molar-refractivity contribution in [2.24, 2.45) is 0 Å². The summed E-state index contributed by atoms with van der Waals surface area (Å²) in [6.45, 7) is 6.46. The predicted octanol–water partition coefficient (Wildman–Crippen LogP) is 2.72. The number of likely N-dealkylation sites (N-methyl/N-ethyl adjacent to an activating group) is 1. The lowest BCUT2D eigenvalue weighted by atomic mass is 10.1. The Morgan fingerprint density at radius 2 is 2.05 bits per heavy atom. The maximum absolute atomic E-state index is 12.3. The van der Waals surface area contributed by atoms with Gasteiger partial charge in [0.1, 0.15) is 12.2 Å². The van der Waals surface area contributed by atoms with Crippen molar-refractivity contribution < 1.29 is 13.2 Å². The standard InChI is InChI=1S/C12H21F3N4/c1-4-16-10(5-6-12(13,14)15)7-11-17-8-18-19(11)9(2)3/h8-10,16H,4-7H2,1-3H3. The lowest BCUT2D eigenvalue weighted by Gasteiger charge is -2.19. The van der Waals surface area contributed by atoms with Crippen molar-refractivity contribution in [3.8, 4) is 0 Å². The number of nitrogens with zero attached hydrogens (tertiary/aromatic N) is 3. The molecule has 0 saturated carbocycles. The van der Waals surface area contributed by atoms with Gasteiger partial charge in [-0.05, 0) is 26.8 Å². The van der Waals surface area contributed by atoms with Gasteiger partial charge in [-0.3, -0.25) is 0 Å². The van der Waals surface area contributed by atoms with E-state index in [1.165, 1.54) is 6.33 Å². The Morgan fingerprint density at radius 3 is 2.58 bits per heavy atom. The van der Waals surface area contributed by atoms with Crippen LogP contribution in [0.25, 0.3) is 0 Å². The summed E-state index contributed by atoms with van der Waals surface area (Å²) in [4.78, 5) is 4.13. The van der Waals surface area contributed by atoms with E-state index in [0.717, 1.165) is 5.82 Å². The topological polar surface area (TPSA) is 42.7 Å². The molecule has 1 atom stereocenters. The Bertz CT molecular complexity index is 373. The van der Waals surface area contributed by atoms with E-state index in [4.69, 9.17) is 0 Å². The molecule has 1 rings (SSSR count). The highest BCUT2D eigenvalue weighted by molar-refractivity contribution is 4.91. The molecule has 0 amide bonds. The first kappa shape index (κ1) is 15.9. The van der Waals surface area contributed by atoms with Crippen LogP contribution in [-0.2, 0) is 6.42 Å². The summed E-state index contributed by atoms with van der Waals surface area (Å²) in [6.07, 6.45) is -2.92. The average molecular weight is 278 g/mol. The summed E-state index contributed by atoms with van der Waals surface area (Å²) in [5.41, 5.74) is 0. The number of alkyl halides is 3. The second-order valence-corrected chi connectivity index (χ2v) is 4.83. The van der Waals surface area contributed by atoms with Gasteiger partial charge in [0.05, 0.1) is 0 Å². The predicted molar refractivity (Wildman–Crippen MR) is 66.9 cm³/mol. The number of hydrogen-bond acceptors (Lipinski definition) is 3. The van der Waals surface area contributed by atoms with Crippen molar-refractivity contribution in [1.82, 2.24) is 20.1 Å². The zero-order valence-corrected chi connectivity index (χ0v) is 11.5. The fourth-order valence-corrected chi connectivity index (χ4v) is 1.97. The van der Waals surface area contributed by atoms with Crippen LogP contribution in [0.3, 0.4) is 0 Å². The van der Waals surface area contributed by atoms with Crippen LogP contribution in [0.2, 0.25) is 0 Å². The van der Waals surface area contributed by atoms with E-state index in [-0.39, 0.29) is 18.5 Å². The Balaban J connectivity index is 2.64. The van der Waals surface area contributed by atoms with Crippen LogP contribution < -0.4 is 5.32 Å². The van der Waals surface area contributed by atoms with Crippen molar-refractivity contribution in [3.05, 3.63) is 12.2 Å². The smallest absolute Gasteiger partial charge is 0.314 e. The highest BCUT2D eigenvalue weighted by Gasteiger charge is 2.28. The minimum atomic E-state index is -4.11. The first-order valence-corrected chi connectivity index (χ1v) is 6.52. The van der Waals surface area contributed by atoms with Gasteiger partial charge in [-0.1, -0.05) is 6.92 Å². The molecule has 19 heavy (non-hydrogen) atoms. The molecular weight excluding hydrogens is 257 g/mol. The summed E-state index contributed by atoms with van der Waals surface area (Å²) in [6, 6.07) is -0.0734. The van der Waals surface area contributed by atoms with Gasteiger partial charge in [0.2, 0.25) is 0 Å². The zero-order valence-electron chi connectivity index (χ0n) is 11.5. The summed E-state index contributed by atoms with van der Waals surface area (Å²) in [7, 11) is 0. The first-order valence-electron chi connectivity index (χ1n) is 6.52. The van der Waals surface area contributed by atoms with Crippen molar-refractivity contribution in [2.75, 3.05) is 6.54 Å². The van der Waals surface area contributed by atoms with Gasteiger partial charge in [0.15, 0.2) is 0 Å². The lowest BCUT2D eigenvalue weighted by Crippen LogP contribution is -2.33. The highest BCUT2D eigenvalue weighted by Crippen LogP contribution is 2.23. The second kappa shape index (κ2) is 6.88. The third kappa shape index (κ3) is 5.59. The molecule has 0 fully saturated rings. The van der Waals surface area contributed by atoms with E-state index in [0.29, 0.717) is 13.0 Å². The van der Waals surface area contributed by atoms with E-state index in [9.17, 15) is 13.2 Å². The molecule has 1 N–H and O–H groups in total. The Labute approximate surface area is 111 Å². The Morgan fingerprint density at radius 1 is 1.37 bits per heavy atom. The second-order valence-electron chi connectivity index (χ2n) is 4.83. The van der Waals surface area contributed by atoms with Crippen LogP contribution in [-0.4, -0.2) is 33.5 Å². The molecular formula is C12H21F3N4. The number of halogens is 3. The molecule has 0 saturated heterocycles. The van der Waals surface area contributed by atoms with Crippen LogP contribution in [0, 0.1) is 0 Å². The van der Waals surface area contributed by atoms with Crippen LogP contribution in [0.5, 0.6) is 0 Å². The largest absolute Gasteiger partial charge is 0.389 e. The maximum Gasteiger partial charge on any atom is 0.389 e. The van der Waals surface area contributed by atoms with Crippen molar-refractivity contribution in [3.63, 3.8) is 0 Å². The first-order chi connectivity index (χ1) is 8.83. The van der Waals surface area contributed by atoms with Gasteiger partial charge in [-0.25, -0.2) is 9.67 Å². The van der Waals surface area contributed by atoms with E-state index >= 15 is 0 Å². The van der Waals surface area contributed by atoms with E-state index in [2.05, 4.69) is 15.4 Å². The highest BCUT2D eigenvalue weighted by atomic mass is 19.4. The van der Waals surface area contributed by atoms with Crippen LogP contribution in [0.4, 0.5) is 13.2 Å².